The summed E-state index contributed by atoms with van der Waals surface area (Å²) in [5.41, 5.74) is 24.9. The molecule has 4 amide bonds. The summed E-state index contributed by atoms with van der Waals surface area (Å²) in [7, 11) is 0. The minimum absolute atomic E-state index is 0.00653. The highest BCUT2D eigenvalue weighted by molar-refractivity contribution is 8.00. The van der Waals surface area contributed by atoms with E-state index in [9.17, 15) is 60.3 Å². The van der Waals surface area contributed by atoms with E-state index in [1.54, 1.807) is 0 Å². The van der Waals surface area contributed by atoms with Gasteiger partial charge in [0.15, 0.2) is 25.2 Å². The van der Waals surface area contributed by atoms with Gasteiger partial charge in [-0.1, -0.05) is 6.42 Å². The van der Waals surface area contributed by atoms with E-state index in [2.05, 4.69) is 21.3 Å². The monoisotopic (exact) mass is 1280 g/mol. The van der Waals surface area contributed by atoms with Crippen molar-refractivity contribution in [2.75, 3.05) is 131 Å². The Morgan fingerprint density at radius 2 is 0.897 bits per heavy atom. The number of nitrogens with two attached hydrogens (primary N) is 4. The number of ether oxygens (including phenoxy) is 14. The van der Waals surface area contributed by atoms with Crippen molar-refractivity contribution in [3.63, 3.8) is 0 Å². The first-order valence-corrected chi connectivity index (χ1v) is 30.8. The van der Waals surface area contributed by atoms with Gasteiger partial charge in [-0.3, -0.25) is 9.59 Å². The number of amides is 4. The Morgan fingerprint density at radius 3 is 1.39 bits per heavy atom. The van der Waals surface area contributed by atoms with Crippen LogP contribution in [0.3, 0.4) is 0 Å². The zero-order valence-corrected chi connectivity index (χ0v) is 49.7. The molecule has 6 aliphatic rings. The molecule has 0 radical (unpaired) electrons. The molecular formula is C52H96N8O26S. The molecule has 6 aliphatic heterocycles. The largest absolute Gasteiger partial charge is 0.394 e. The number of aliphatic hydroxyl groups is 9. The first-order chi connectivity index (χ1) is 42.0. The molecule has 87 heavy (non-hydrogen) atoms. The third kappa shape index (κ3) is 22.3. The number of carbonyl (C=O) groups is 3. The Hall–Kier alpha value is -2.52. The van der Waals surface area contributed by atoms with Gasteiger partial charge in [0.1, 0.15) is 73.2 Å². The topological polar surface area (TPSA) is 515 Å². The molecule has 0 saturated carbocycles. The highest BCUT2D eigenvalue weighted by atomic mass is 32.2. The molecule has 6 heterocycles. The van der Waals surface area contributed by atoms with Crippen LogP contribution in [0.2, 0.25) is 0 Å². The van der Waals surface area contributed by atoms with Gasteiger partial charge in [0.05, 0.1) is 149 Å². The van der Waals surface area contributed by atoms with Crippen molar-refractivity contribution in [1.82, 2.24) is 21.3 Å². The van der Waals surface area contributed by atoms with Crippen LogP contribution in [0.25, 0.3) is 0 Å². The van der Waals surface area contributed by atoms with Crippen molar-refractivity contribution in [1.29, 1.82) is 0 Å². The Bertz CT molecular complexity index is 1960. The first-order valence-electron chi connectivity index (χ1n) is 29.8. The lowest BCUT2D eigenvalue weighted by Gasteiger charge is -2.49. The van der Waals surface area contributed by atoms with Gasteiger partial charge in [-0.2, -0.15) is 11.8 Å². The van der Waals surface area contributed by atoms with Crippen molar-refractivity contribution in [2.45, 2.75) is 178 Å². The fourth-order valence-corrected chi connectivity index (χ4v) is 12.0. The van der Waals surface area contributed by atoms with Crippen LogP contribution in [0.1, 0.15) is 38.5 Å². The number of aliphatic hydroxyl groups excluding tert-OH is 9. The zero-order valence-electron chi connectivity index (χ0n) is 48.8. The van der Waals surface area contributed by atoms with Crippen molar-refractivity contribution >= 4 is 29.6 Å². The average molecular weight is 1280 g/mol. The molecule has 6 rings (SSSR count). The van der Waals surface area contributed by atoms with Crippen molar-refractivity contribution in [3.05, 3.63) is 0 Å². The van der Waals surface area contributed by atoms with E-state index in [1.807, 2.05) is 11.8 Å². The summed E-state index contributed by atoms with van der Waals surface area (Å²) in [6.07, 6.45) is -20.0. The summed E-state index contributed by atoms with van der Waals surface area (Å²) in [6, 6.07) is -5.19. The Labute approximate surface area is 508 Å². The van der Waals surface area contributed by atoms with E-state index in [1.165, 1.54) is 0 Å². The summed E-state index contributed by atoms with van der Waals surface area (Å²) < 4.78 is 79.5. The molecule has 0 aromatic heterocycles. The molecule has 0 aromatic carbocycles. The number of rotatable bonds is 41. The lowest BCUT2D eigenvalue weighted by atomic mass is 9.94. The predicted octanol–water partition coefficient (Wildman–Crippen LogP) is -9.02. The van der Waals surface area contributed by atoms with E-state index in [0.717, 1.165) is 25.0 Å². The highest BCUT2D eigenvalue weighted by Crippen LogP contribution is 2.35. The van der Waals surface area contributed by atoms with Gasteiger partial charge in [-0.15, -0.1) is 0 Å². The van der Waals surface area contributed by atoms with Crippen LogP contribution in [-0.2, 0) is 75.9 Å². The number of unbranched alkanes of at least 4 members (excludes halogenated alkanes) is 1. The van der Waals surface area contributed by atoms with Gasteiger partial charge in [-0.05, 0) is 19.3 Å². The first kappa shape index (κ1) is 73.5. The van der Waals surface area contributed by atoms with Crippen LogP contribution in [0.5, 0.6) is 0 Å². The Morgan fingerprint density at radius 1 is 0.483 bits per heavy atom. The fourth-order valence-electron chi connectivity index (χ4n) is 10.4. The highest BCUT2D eigenvalue weighted by Gasteiger charge is 2.54. The molecule has 6 fully saturated rings. The Kier molecular flexibility index (Phi) is 33.1. The van der Waals surface area contributed by atoms with Crippen molar-refractivity contribution in [2.24, 2.45) is 22.9 Å². The van der Waals surface area contributed by atoms with Gasteiger partial charge in [0.25, 0.3) is 0 Å². The Balaban J connectivity index is 0.725. The summed E-state index contributed by atoms with van der Waals surface area (Å²) in [6.45, 7) is 2.02. The fraction of sp³-hybridized carbons (Fsp3) is 0.942. The predicted molar refractivity (Wildman–Crippen MR) is 300 cm³/mol. The third-order valence-electron chi connectivity index (χ3n) is 15.4. The third-order valence-corrected chi connectivity index (χ3v) is 16.9. The maximum Gasteiger partial charge on any atom is 0.315 e. The van der Waals surface area contributed by atoms with Gasteiger partial charge < -0.3 is 156 Å². The van der Waals surface area contributed by atoms with Crippen LogP contribution in [0.4, 0.5) is 4.79 Å². The lowest BCUT2D eigenvalue weighted by molar-refractivity contribution is -0.359. The van der Waals surface area contributed by atoms with Crippen LogP contribution < -0.4 is 44.2 Å². The number of hydrogen-bond donors (Lipinski definition) is 17. The number of nitrogens with one attached hydrogen (secondary N) is 4. The van der Waals surface area contributed by atoms with Gasteiger partial charge >= 0.3 is 6.03 Å². The normalized spacial score (nSPS) is 36.9. The molecule has 0 bridgehead atoms. The lowest BCUT2D eigenvalue weighted by Crippen LogP contribution is -2.70. The van der Waals surface area contributed by atoms with E-state index < -0.39 is 149 Å². The summed E-state index contributed by atoms with van der Waals surface area (Å²) >= 11 is 1.88. The van der Waals surface area contributed by atoms with E-state index in [4.69, 9.17) is 89.3 Å². The van der Waals surface area contributed by atoms with E-state index in [0.29, 0.717) is 90.7 Å². The second kappa shape index (κ2) is 39.1. The smallest absolute Gasteiger partial charge is 0.315 e. The van der Waals surface area contributed by atoms with Crippen LogP contribution in [0.15, 0.2) is 0 Å². The SMILES string of the molecule is N[C@H]1[C@@H](O[C@@H]2[C@H](O)[C@@H](N)[C@@H](O[C@@H]3[C@H](O)[C@@H](N)[C@@H](O[C@@H]4[C@H](O)[C@@H](N)[C@@H](OCCCNC(=O)CCOCCOCCOCCOCCOCCOCCNC(=O)CCCC[C@@H]5SC[C@@H]6NC(=O)N[C@@H]65)O[C@@H]4CO)O[C@@H]3CO)O[C@@H]2CO)O[C@H](CO)[C@H](O)[C@@H]1O. The van der Waals surface area contributed by atoms with Crippen LogP contribution in [-0.4, -0.2) is 335 Å². The molecule has 6 saturated heterocycles. The minimum atomic E-state index is -1.70. The van der Waals surface area contributed by atoms with Crippen molar-refractivity contribution in [3.8, 4) is 0 Å². The molecule has 0 aromatic rings. The van der Waals surface area contributed by atoms with Gasteiger partial charge in [0, 0.05) is 36.9 Å². The summed E-state index contributed by atoms with van der Waals surface area (Å²) in [5, 5.41) is 107. The van der Waals surface area contributed by atoms with E-state index >= 15 is 0 Å². The summed E-state index contributed by atoms with van der Waals surface area (Å²) in [4.78, 5) is 36.0. The molecule has 0 spiro atoms. The number of carbonyl (C=O) groups excluding carboxylic acids is 3. The number of fused-ring (bicyclic) bond motifs is 1. The maximum absolute atomic E-state index is 12.4. The van der Waals surface area contributed by atoms with Crippen molar-refractivity contribution < 1.29 is 127 Å². The quantitative estimate of drug-likeness (QED) is 0.0200. The number of urea groups is 1. The van der Waals surface area contributed by atoms with Crippen LogP contribution >= 0.6 is 11.8 Å². The molecule has 0 aliphatic carbocycles. The molecule has 0 unspecified atom stereocenters. The molecule has 34 nitrogen and oxygen atoms in total. The van der Waals surface area contributed by atoms with E-state index in [-0.39, 0.29) is 62.7 Å². The summed E-state index contributed by atoms with van der Waals surface area (Å²) in [5.74, 6) is 0.682. The van der Waals surface area contributed by atoms with Gasteiger partial charge in [-0.25, -0.2) is 4.79 Å². The minimum Gasteiger partial charge on any atom is -0.394 e. The maximum atomic E-state index is 12.4. The number of hydrogen-bond acceptors (Lipinski definition) is 31. The molecule has 35 heteroatoms. The molecule has 23 atom stereocenters. The second-order valence-electron chi connectivity index (χ2n) is 21.7. The molecule has 21 N–H and O–H groups in total. The zero-order chi connectivity index (χ0) is 62.8. The number of thioether (sulfide) groups is 1. The van der Waals surface area contributed by atoms with Gasteiger partial charge in [0.2, 0.25) is 11.8 Å². The molecule has 506 valence electrons. The second-order valence-corrected chi connectivity index (χ2v) is 23.0. The van der Waals surface area contributed by atoms with Crippen LogP contribution in [0, 0.1) is 0 Å². The molecular weight excluding hydrogens is 1180 g/mol. The average Bonchev–Trinajstić information content (AvgIpc) is 2.89. The standard InChI is InChI=1S/C52H96N8O26S/c53-35-41(68)40(67)28(22-61)80-49(35)84-46-30(24-63)82-51(37(55)43(46)70)86-47-31(25-64)83-50(38(56)44(47)71)85-45-29(23-62)81-48(36(54)42(45)69)79-9-3-7-57-34(66)6-10-73-12-14-75-16-18-77-20-21-78-19-17-76-15-13-74-11-8-58-33(65)5-2-1-4-32-39-27(26-87-32)59-52(72)60-39/h27-32,35-51,61-64,67-71H,1-26,53-56H2,(H,57,66)(H,58,65)(H2,59,60,72)/t27-,28+,29+,30+,31+,32-,35+,36+,37+,38+,39-,40-,41+,42+,43+,44+,45-,46-,47-,48-,49+,50+,51+/m0/s1.